The molecule has 0 unspecified atom stereocenters. The molecular weight excluding hydrogens is 326 g/mol. The van der Waals surface area contributed by atoms with E-state index in [1.807, 2.05) is 41.3 Å². The number of benzene rings is 2. The standard InChI is InChI=1S/C22H25NO3/c24-21-9-10-22(11-12-25-17-22)16-23(21)14-19-7-4-8-20(13-19)26-15-18-5-2-1-3-6-18/h1-8,13H,9-12,14-17H2/t22-/m0/s1. The monoisotopic (exact) mass is 351 g/mol. The Bertz CT molecular complexity index is 753. The molecule has 4 heteroatoms. The van der Waals surface area contributed by atoms with Gasteiger partial charge in [0.15, 0.2) is 0 Å². The van der Waals surface area contributed by atoms with Crippen LogP contribution in [0.1, 0.15) is 30.4 Å². The summed E-state index contributed by atoms with van der Waals surface area (Å²) in [5, 5.41) is 0. The number of likely N-dealkylation sites (tertiary alicyclic amines) is 1. The van der Waals surface area contributed by atoms with E-state index in [9.17, 15) is 4.79 Å². The Morgan fingerprint density at radius 3 is 2.69 bits per heavy atom. The van der Waals surface area contributed by atoms with Gasteiger partial charge < -0.3 is 14.4 Å². The van der Waals surface area contributed by atoms with E-state index in [0.717, 1.165) is 49.5 Å². The second-order valence-electron chi connectivity index (χ2n) is 7.47. The molecule has 0 radical (unpaired) electrons. The van der Waals surface area contributed by atoms with Crippen molar-refractivity contribution in [2.24, 2.45) is 5.41 Å². The second kappa shape index (κ2) is 7.50. The van der Waals surface area contributed by atoms with Gasteiger partial charge in [-0.25, -0.2) is 0 Å². The second-order valence-corrected chi connectivity index (χ2v) is 7.47. The molecule has 0 N–H and O–H groups in total. The van der Waals surface area contributed by atoms with E-state index in [1.165, 1.54) is 0 Å². The number of carbonyl (C=O) groups is 1. The summed E-state index contributed by atoms with van der Waals surface area (Å²) in [6, 6.07) is 18.2. The van der Waals surface area contributed by atoms with Crippen LogP contribution in [-0.4, -0.2) is 30.6 Å². The molecule has 2 aromatic carbocycles. The van der Waals surface area contributed by atoms with E-state index in [1.54, 1.807) is 0 Å². The molecule has 2 aliphatic heterocycles. The Hall–Kier alpha value is -2.33. The van der Waals surface area contributed by atoms with Gasteiger partial charge in [-0.1, -0.05) is 42.5 Å². The van der Waals surface area contributed by atoms with Crippen LogP contribution in [0.3, 0.4) is 0 Å². The van der Waals surface area contributed by atoms with E-state index in [0.29, 0.717) is 19.6 Å². The topological polar surface area (TPSA) is 38.8 Å². The highest BCUT2D eigenvalue weighted by molar-refractivity contribution is 5.77. The first kappa shape index (κ1) is 17.1. The molecule has 1 spiro atoms. The van der Waals surface area contributed by atoms with Crippen molar-refractivity contribution in [2.45, 2.75) is 32.4 Å². The van der Waals surface area contributed by atoms with E-state index < -0.39 is 0 Å². The van der Waals surface area contributed by atoms with Crippen molar-refractivity contribution < 1.29 is 14.3 Å². The molecule has 2 heterocycles. The van der Waals surface area contributed by atoms with E-state index in [2.05, 4.69) is 18.2 Å². The highest BCUT2D eigenvalue weighted by Gasteiger charge is 2.41. The molecule has 0 aliphatic carbocycles. The summed E-state index contributed by atoms with van der Waals surface area (Å²) in [6.45, 7) is 3.61. The largest absolute Gasteiger partial charge is 0.489 e. The van der Waals surface area contributed by atoms with Crippen molar-refractivity contribution >= 4 is 5.91 Å². The maximum absolute atomic E-state index is 12.4. The van der Waals surface area contributed by atoms with Crippen LogP contribution in [0.25, 0.3) is 0 Å². The first-order valence-corrected chi connectivity index (χ1v) is 9.34. The van der Waals surface area contributed by atoms with Gasteiger partial charge in [-0.2, -0.15) is 0 Å². The molecule has 1 atom stereocenters. The number of amides is 1. The third-order valence-corrected chi connectivity index (χ3v) is 5.45. The highest BCUT2D eigenvalue weighted by atomic mass is 16.5. The molecule has 2 aromatic rings. The highest BCUT2D eigenvalue weighted by Crippen LogP contribution is 2.38. The molecule has 136 valence electrons. The fraction of sp³-hybridized carbons (Fsp3) is 0.409. The molecule has 2 aliphatic rings. The molecular formula is C22H25NO3. The number of hydrogen-bond acceptors (Lipinski definition) is 3. The van der Waals surface area contributed by atoms with Crippen molar-refractivity contribution in [2.75, 3.05) is 19.8 Å². The predicted octanol–water partition coefficient (Wildman–Crippen LogP) is 3.79. The van der Waals surface area contributed by atoms with Crippen LogP contribution in [0.15, 0.2) is 54.6 Å². The average Bonchev–Trinajstić information content (AvgIpc) is 3.13. The van der Waals surface area contributed by atoms with Crippen LogP contribution >= 0.6 is 0 Å². The molecule has 0 bridgehead atoms. The summed E-state index contributed by atoms with van der Waals surface area (Å²) in [5.41, 5.74) is 2.43. The third kappa shape index (κ3) is 3.91. The Morgan fingerprint density at radius 2 is 1.88 bits per heavy atom. The Morgan fingerprint density at radius 1 is 1.04 bits per heavy atom. The summed E-state index contributed by atoms with van der Waals surface area (Å²) < 4.78 is 11.5. The minimum Gasteiger partial charge on any atom is -0.489 e. The SMILES string of the molecule is O=C1CC[C@]2(CCOC2)CN1Cc1cccc(OCc2ccccc2)c1. The maximum atomic E-state index is 12.4. The third-order valence-electron chi connectivity index (χ3n) is 5.45. The van der Waals surface area contributed by atoms with Gasteiger partial charge in [-0.05, 0) is 36.1 Å². The van der Waals surface area contributed by atoms with Crippen molar-refractivity contribution in [3.8, 4) is 5.75 Å². The van der Waals surface area contributed by atoms with Gasteiger partial charge in [-0.3, -0.25) is 4.79 Å². The van der Waals surface area contributed by atoms with Crippen LogP contribution in [0.4, 0.5) is 0 Å². The number of nitrogens with zero attached hydrogens (tertiary/aromatic N) is 1. The predicted molar refractivity (Wildman–Crippen MR) is 99.7 cm³/mol. The van der Waals surface area contributed by atoms with Crippen molar-refractivity contribution in [3.63, 3.8) is 0 Å². The van der Waals surface area contributed by atoms with Crippen LogP contribution in [-0.2, 0) is 22.7 Å². The van der Waals surface area contributed by atoms with Gasteiger partial charge in [0, 0.05) is 31.5 Å². The Labute approximate surface area is 154 Å². The first-order valence-electron chi connectivity index (χ1n) is 9.34. The molecule has 0 saturated carbocycles. The van der Waals surface area contributed by atoms with Crippen LogP contribution < -0.4 is 4.74 Å². The fourth-order valence-corrected chi connectivity index (χ4v) is 3.91. The molecule has 26 heavy (non-hydrogen) atoms. The molecule has 1 amide bonds. The van der Waals surface area contributed by atoms with Crippen LogP contribution in [0.2, 0.25) is 0 Å². The van der Waals surface area contributed by atoms with Gasteiger partial charge in [0.25, 0.3) is 0 Å². The lowest BCUT2D eigenvalue weighted by atomic mass is 9.79. The Balaban J connectivity index is 1.40. The summed E-state index contributed by atoms with van der Waals surface area (Å²) >= 11 is 0. The number of hydrogen-bond donors (Lipinski definition) is 0. The number of rotatable bonds is 5. The lowest BCUT2D eigenvalue weighted by molar-refractivity contribution is -0.138. The average molecular weight is 351 g/mol. The number of carbonyl (C=O) groups excluding carboxylic acids is 1. The molecule has 4 rings (SSSR count). The van der Waals surface area contributed by atoms with Gasteiger partial charge in [-0.15, -0.1) is 0 Å². The van der Waals surface area contributed by atoms with E-state index in [4.69, 9.17) is 9.47 Å². The smallest absolute Gasteiger partial charge is 0.222 e. The lowest BCUT2D eigenvalue weighted by Gasteiger charge is -2.39. The number of piperidine rings is 1. The summed E-state index contributed by atoms with van der Waals surface area (Å²) in [5.74, 6) is 1.09. The summed E-state index contributed by atoms with van der Waals surface area (Å²) in [7, 11) is 0. The van der Waals surface area contributed by atoms with Gasteiger partial charge in [0.2, 0.25) is 5.91 Å². The van der Waals surface area contributed by atoms with Crippen molar-refractivity contribution in [1.82, 2.24) is 4.90 Å². The quantitative estimate of drug-likeness (QED) is 0.823. The van der Waals surface area contributed by atoms with Gasteiger partial charge in [0.05, 0.1) is 6.61 Å². The van der Waals surface area contributed by atoms with E-state index >= 15 is 0 Å². The van der Waals surface area contributed by atoms with Crippen molar-refractivity contribution in [1.29, 1.82) is 0 Å². The number of ether oxygens (including phenoxy) is 2. The van der Waals surface area contributed by atoms with Crippen molar-refractivity contribution in [3.05, 3.63) is 65.7 Å². The van der Waals surface area contributed by atoms with E-state index in [-0.39, 0.29) is 11.3 Å². The Kier molecular flexibility index (Phi) is 4.93. The molecule has 2 fully saturated rings. The first-order chi connectivity index (χ1) is 12.7. The fourth-order valence-electron chi connectivity index (χ4n) is 3.91. The van der Waals surface area contributed by atoms with Crippen LogP contribution in [0.5, 0.6) is 5.75 Å². The minimum absolute atomic E-state index is 0.176. The molecule has 0 aromatic heterocycles. The zero-order valence-electron chi connectivity index (χ0n) is 15.0. The molecule has 2 saturated heterocycles. The summed E-state index contributed by atoms with van der Waals surface area (Å²) in [6.07, 6.45) is 2.66. The molecule has 4 nitrogen and oxygen atoms in total. The van der Waals surface area contributed by atoms with Gasteiger partial charge >= 0.3 is 0 Å². The zero-order chi connectivity index (χ0) is 17.8. The maximum Gasteiger partial charge on any atom is 0.222 e. The summed E-state index contributed by atoms with van der Waals surface area (Å²) in [4.78, 5) is 14.4. The van der Waals surface area contributed by atoms with Crippen LogP contribution in [0, 0.1) is 5.41 Å². The lowest BCUT2D eigenvalue weighted by Crippen LogP contribution is -2.46. The normalized spacial score (nSPS) is 22.8. The van der Waals surface area contributed by atoms with Gasteiger partial charge in [0.1, 0.15) is 12.4 Å². The minimum atomic E-state index is 0.176. The zero-order valence-corrected chi connectivity index (χ0v) is 15.0.